The van der Waals surface area contributed by atoms with E-state index in [4.69, 9.17) is 4.74 Å². The molecule has 0 spiro atoms. The van der Waals surface area contributed by atoms with Crippen LogP contribution >= 0.6 is 0 Å². The molecule has 0 aliphatic carbocycles. The molecule has 8 heteroatoms. The molecule has 1 aromatic carbocycles. The van der Waals surface area contributed by atoms with Crippen molar-refractivity contribution in [2.24, 2.45) is 11.3 Å². The second-order valence-electron chi connectivity index (χ2n) is 8.22. The van der Waals surface area contributed by atoms with Crippen molar-refractivity contribution < 1.29 is 28.3 Å². The normalized spacial score (nSPS) is 15.0. The first-order valence-electron chi connectivity index (χ1n) is 9.55. The number of likely N-dealkylation sites (tertiary alicyclic amines) is 1. The molecule has 1 aliphatic heterocycles. The van der Waals surface area contributed by atoms with Crippen LogP contribution < -0.4 is 5.32 Å². The number of benzene rings is 1. The Labute approximate surface area is 169 Å². The summed E-state index contributed by atoms with van der Waals surface area (Å²) in [6.45, 7) is 7.21. The Balaban J connectivity index is 1.86. The lowest BCUT2D eigenvalue weighted by Crippen LogP contribution is -2.45. The van der Waals surface area contributed by atoms with Crippen molar-refractivity contribution in [3.8, 4) is 0 Å². The number of esters is 1. The second-order valence-corrected chi connectivity index (χ2v) is 8.22. The van der Waals surface area contributed by atoms with E-state index in [1.165, 1.54) is 19.1 Å². The van der Waals surface area contributed by atoms with Gasteiger partial charge in [-0.05, 0) is 31.0 Å². The minimum absolute atomic E-state index is 0.0395. The predicted octanol–water partition coefficient (Wildman–Crippen LogP) is 2.79. The van der Waals surface area contributed by atoms with Gasteiger partial charge in [-0.15, -0.1) is 0 Å². The molecule has 0 atom stereocenters. The zero-order valence-electron chi connectivity index (χ0n) is 17.2. The van der Waals surface area contributed by atoms with Crippen molar-refractivity contribution in [1.82, 2.24) is 4.90 Å². The smallest absolute Gasteiger partial charge is 0.309 e. The fourth-order valence-corrected chi connectivity index (χ4v) is 3.15. The summed E-state index contributed by atoms with van der Waals surface area (Å²) in [5, 5.41) is 2.42. The van der Waals surface area contributed by atoms with Crippen molar-refractivity contribution in [1.29, 1.82) is 0 Å². The van der Waals surface area contributed by atoms with Crippen LogP contribution in [0.25, 0.3) is 0 Å². The van der Waals surface area contributed by atoms with Crippen LogP contribution in [0.3, 0.4) is 0 Å². The number of ketones is 1. The number of rotatable bonds is 5. The molecule has 1 aromatic rings. The number of halogens is 1. The molecule has 158 valence electrons. The number of hydrogen-bond donors (Lipinski definition) is 1. The second kappa shape index (κ2) is 9.15. The highest BCUT2D eigenvalue weighted by molar-refractivity contribution is 5.99. The summed E-state index contributed by atoms with van der Waals surface area (Å²) in [6, 6.07) is 3.69. The number of amides is 2. The highest BCUT2D eigenvalue weighted by Gasteiger charge is 2.33. The van der Waals surface area contributed by atoms with E-state index >= 15 is 0 Å². The molecule has 1 saturated heterocycles. The summed E-state index contributed by atoms with van der Waals surface area (Å²) in [6.07, 6.45) is 0.934. The molecule has 0 unspecified atom stereocenters. The number of nitrogens with one attached hydrogen (secondary N) is 1. The van der Waals surface area contributed by atoms with Gasteiger partial charge in [0.05, 0.1) is 11.5 Å². The molecule has 1 N–H and O–H groups in total. The van der Waals surface area contributed by atoms with Crippen molar-refractivity contribution in [2.75, 3.05) is 25.0 Å². The van der Waals surface area contributed by atoms with Gasteiger partial charge >= 0.3 is 5.97 Å². The Morgan fingerprint density at radius 1 is 1.17 bits per heavy atom. The minimum Gasteiger partial charge on any atom is -0.457 e. The summed E-state index contributed by atoms with van der Waals surface area (Å²) >= 11 is 0. The molecule has 0 radical (unpaired) electrons. The fourth-order valence-electron chi connectivity index (χ4n) is 3.15. The van der Waals surface area contributed by atoms with E-state index in [0.29, 0.717) is 25.9 Å². The summed E-state index contributed by atoms with van der Waals surface area (Å²) in [5.41, 5.74) is -0.447. The average molecular weight is 406 g/mol. The number of anilines is 1. The SMILES string of the molecule is CC(=O)Nc1ccc(C(=O)COC(=O)C2CCN(C(=O)C(C)(C)C)CC2)c(F)c1. The zero-order chi connectivity index (χ0) is 21.8. The lowest BCUT2D eigenvalue weighted by molar-refractivity contribution is -0.152. The molecule has 2 amide bonds. The Bertz CT molecular complexity index is 808. The average Bonchev–Trinajstić information content (AvgIpc) is 2.64. The van der Waals surface area contributed by atoms with Gasteiger partial charge in [0.25, 0.3) is 0 Å². The van der Waals surface area contributed by atoms with E-state index < -0.39 is 29.6 Å². The van der Waals surface area contributed by atoms with Gasteiger partial charge < -0.3 is 15.0 Å². The number of carbonyl (C=O) groups is 4. The topological polar surface area (TPSA) is 92.8 Å². The predicted molar refractivity (Wildman–Crippen MR) is 105 cm³/mol. The Hall–Kier alpha value is -2.77. The van der Waals surface area contributed by atoms with E-state index in [9.17, 15) is 23.6 Å². The standard InChI is InChI=1S/C21H27FN2O5/c1-13(25)23-15-5-6-16(17(22)11-15)18(26)12-29-19(27)14-7-9-24(10-8-14)20(28)21(2,3)4/h5-6,11,14H,7-10,12H2,1-4H3,(H,23,25). The Kier molecular flexibility index (Phi) is 7.11. The quantitative estimate of drug-likeness (QED) is 0.600. The summed E-state index contributed by atoms with van der Waals surface area (Å²) in [7, 11) is 0. The number of carbonyl (C=O) groups excluding carboxylic acids is 4. The Morgan fingerprint density at radius 3 is 2.31 bits per heavy atom. The van der Waals surface area contributed by atoms with Gasteiger partial charge in [0.1, 0.15) is 5.82 Å². The van der Waals surface area contributed by atoms with Crippen LogP contribution in [0.5, 0.6) is 0 Å². The van der Waals surface area contributed by atoms with Crippen LogP contribution in [-0.2, 0) is 19.1 Å². The molecule has 0 saturated carbocycles. The molecule has 1 aliphatic rings. The lowest BCUT2D eigenvalue weighted by Gasteiger charge is -2.34. The monoisotopic (exact) mass is 406 g/mol. The zero-order valence-corrected chi connectivity index (χ0v) is 17.2. The van der Waals surface area contributed by atoms with Crippen LogP contribution in [0, 0.1) is 17.2 Å². The maximum absolute atomic E-state index is 14.1. The van der Waals surface area contributed by atoms with E-state index in [1.807, 2.05) is 20.8 Å². The highest BCUT2D eigenvalue weighted by Crippen LogP contribution is 2.24. The first kappa shape index (κ1) is 22.5. The van der Waals surface area contributed by atoms with E-state index in [0.717, 1.165) is 6.07 Å². The third-order valence-corrected chi connectivity index (χ3v) is 4.69. The number of Topliss-reactive ketones (excluding diaryl/α,β-unsaturated/α-hetero) is 1. The highest BCUT2D eigenvalue weighted by atomic mass is 19.1. The van der Waals surface area contributed by atoms with Crippen molar-refractivity contribution in [3.63, 3.8) is 0 Å². The van der Waals surface area contributed by atoms with Gasteiger partial charge in [0.2, 0.25) is 17.6 Å². The summed E-state index contributed by atoms with van der Waals surface area (Å²) in [4.78, 5) is 49.5. The number of hydrogen-bond acceptors (Lipinski definition) is 5. The van der Waals surface area contributed by atoms with Gasteiger partial charge in [-0.3, -0.25) is 19.2 Å². The first-order chi connectivity index (χ1) is 13.5. The third-order valence-electron chi connectivity index (χ3n) is 4.69. The first-order valence-corrected chi connectivity index (χ1v) is 9.55. The third kappa shape index (κ3) is 6.10. The number of piperidine rings is 1. The van der Waals surface area contributed by atoms with Gasteiger partial charge in [0, 0.05) is 31.1 Å². The molecule has 29 heavy (non-hydrogen) atoms. The molecular formula is C21H27FN2O5. The maximum atomic E-state index is 14.1. The van der Waals surface area contributed by atoms with Crippen LogP contribution in [-0.4, -0.2) is 48.2 Å². The van der Waals surface area contributed by atoms with Gasteiger partial charge in [-0.25, -0.2) is 4.39 Å². The molecule has 2 rings (SSSR count). The van der Waals surface area contributed by atoms with E-state index in [1.54, 1.807) is 4.90 Å². The van der Waals surface area contributed by atoms with Crippen molar-refractivity contribution in [3.05, 3.63) is 29.6 Å². The number of nitrogens with zero attached hydrogens (tertiary/aromatic N) is 1. The lowest BCUT2D eigenvalue weighted by atomic mass is 9.91. The van der Waals surface area contributed by atoms with E-state index in [2.05, 4.69) is 5.32 Å². The molecule has 1 fully saturated rings. The van der Waals surface area contributed by atoms with Crippen LogP contribution in [0.1, 0.15) is 50.9 Å². The molecular weight excluding hydrogens is 379 g/mol. The molecule has 1 heterocycles. The molecule has 0 bridgehead atoms. The minimum atomic E-state index is -0.800. The van der Waals surface area contributed by atoms with Gasteiger partial charge in [-0.1, -0.05) is 20.8 Å². The fraction of sp³-hybridized carbons (Fsp3) is 0.524. The largest absolute Gasteiger partial charge is 0.457 e. The summed E-state index contributed by atoms with van der Waals surface area (Å²) in [5.74, 6) is -2.68. The maximum Gasteiger partial charge on any atom is 0.309 e. The van der Waals surface area contributed by atoms with E-state index in [-0.39, 0.29) is 29.0 Å². The van der Waals surface area contributed by atoms with Crippen LogP contribution in [0.15, 0.2) is 18.2 Å². The van der Waals surface area contributed by atoms with Gasteiger partial charge in [0.15, 0.2) is 6.61 Å². The van der Waals surface area contributed by atoms with Crippen LogP contribution in [0.4, 0.5) is 10.1 Å². The van der Waals surface area contributed by atoms with Crippen molar-refractivity contribution >= 4 is 29.3 Å². The van der Waals surface area contributed by atoms with Crippen molar-refractivity contribution in [2.45, 2.75) is 40.5 Å². The Morgan fingerprint density at radius 2 is 1.79 bits per heavy atom. The van der Waals surface area contributed by atoms with Crippen LogP contribution in [0.2, 0.25) is 0 Å². The van der Waals surface area contributed by atoms with Gasteiger partial charge in [-0.2, -0.15) is 0 Å². The number of ether oxygens (including phenoxy) is 1. The molecule has 0 aromatic heterocycles. The molecule has 7 nitrogen and oxygen atoms in total. The summed E-state index contributed by atoms with van der Waals surface area (Å²) < 4.78 is 19.2.